The van der Waals surface area contributed by atoms with Crippen LogP contribution in [0.4, 0.5) is 24.5 Å². The molecule has 3 aromatic carbocycles. The molecule has 0 bridgehead atoms. The van der Waals surface area contributed by atoms with Gasteiger partial charge in [-0.1, -0.05) is 23.7 Å². The van der Waals surface area contributed by atoms with Gasteiger partial charge in [0.25, 0.3) is 5.91 Å². The van der Waals surface area contributed by atoms with Crippen molar-refractivity contribution in [2.24, 2.45) is 5.92 Å². The Morgan fingerprint density at radius 3 is 2.33 bits per heavy atom. The first-order valence-corrected chi connectivity index (χ1v) is 13.5. The van der Waals surface area contributed by atoms with Crippen molar-refractivity contribution in [2.45, 2.75) is 37.6 Å². The first-order valence-electron chi connectivity index (χ1n) is 13.2. The highest BCUT2D eigenvalue weighted by molar-refractivity contribution is 6.30. The van der Waals surface area contributed by atoms with E-state index in [1.165, 1.54) is 25.2 Å². The summed E-state index contributed by atoms with van der Waals surface area (Å²) in [4.78, 5) is 26.6. The Hall–Kier alpha value is -4.12. The average Bonchev–Trinajstić information content (AvgIpc) is 3.35. The molecule has 12 heteroatoms. The zero-order chi connectivity index (χ0) is 30.2. The number of halogens is 4. The van der Waals surface area contributed by atoms with Crippen molar-refractivity contribution in [3.8, 4) is 17.2 Å². The van der Waals surface area contributed by atoms with E-state index < -0.39 is 35.6 Å². The normalized spacial score (nSPS) is 18.5. The molecule has 1 heterocycles. The van der Waals surface area contributed by atoms with E-state index in [0.29, 0.717) is 52.6 Å². The lowest BCUT2D eigenvalue weighted by atomic mass is 9.82. The molecule has 1 unspecified atom stereocenters. The Morgan fingerprint density at radius 1 is 1.02 bits per heavy atom. The third kappa shape index (κ3) is 6.06. The third-order valence-corrected chi connectivity index (χ3v) is 7.74. The summed E-state index contributed by atoms with van der Waals surface area (Å²) in [6.07, 6.45) is -3.84. The number of carbonyl (C=O) groups is 2. The highest BCUT2D eigenvalue weighted by Gasteiger charge is 2.39. The van der Waals surface area contributed by atoms with E-state index >= 15 is 0 Å². The number of rotatable bonds is 9. The molecular weight excluding hydrogens is 577 g/mol. The van der Waals surface area contributed by atoms with Gasteiger partial charge in [-0.15, -0.1) is 0 Å². The molecule has 8 nitrogen and oxygen atoms in total. The first-order chi connectivity index (χ1) is 20.0. The van der Waals surface area contributed by atoms with Gasteiger partial charge in [0.05, 0.1) is 25.7 Å². The lowest BCUT2D eigenvalue weighted by Gasteiger charge is -2.32. The van der Waals surface area contributed by atoms with Gasteiger partial charge < -0.3 is 29.5 Å². The Bertz CT molecular complexity index is 1490. The quantitative estimate of drug-likeness (QED) is 0.293. The zero-order valence-electron chi connectivity index (χ0n) is 22.7. The van der Waals surface area contributed by atoms with Crippen LogP contribution in [0.15, 0.2) is 54.6 Å². The molecule has 1 fully saturated rings. The molecule has 0 saturated heterocycles. The van der Waals surface area contributed by atoms with Crippen LogP contribution in [0.3, 0.4) is 0 Å². The first kappa shape index (κ1) is 29.4. The summed E-state index contributed by atoms with van der Waals surface area (Å²) in [6, 6.07) is 12.8. The maximum atomic E-state index is 14.1. The topological polar surface area (TPSA) is 97.3 Å². The molecule has 2 N–H and O–H groups in total. The minimum absolute atomic E-state index is 0.168. The third-order valence-electron chi connectivity index (χ3n) is 7.49. The SMILES string of the molecule is COc1cc(NC(C(=O)N2CCc3cc(OC)c(C(F)(F)F)cc32)c2ccc(Cl)cc2)cc(O[C@H]2C[C@@H](C(=O)O)C2)c1. The van der Waals surface area contributed by atoms with E-state index in [9.17, 15) is 22.8 Å². The van der Waals surface area contributed by atoms with Gasteiger partial charge in [0.1, 0.15) is 29.4 Å². The number of nitrogens with zero attached hydrogens (tertiary/aromatic N) is 1. The summed E-state index contributed by atoms with van der Waals surface area (Å²) < 4.78 is 57.8. The van der Waals surface area contributed by atoms with E-state index in [-0.39, 0.29) is 24.1 Å². The summed E-state index contributed by atoms with van der Waals surface area (Å²) in [5.74, 6) is -1.24. The molecule has 1 aliphatic carbocycles. The van der Waals surface area contributed by atoms with Crippen LogP contribution in [0, 0.1) is 5.92 Å². The van der Waals surface area contributed by atoms with Gasteiger partial charge in [-0.3, -0.25) is 9.59 Å². The maximum Gasteiger partial charge on any atom is 0.420 e. The highest BCUT2D eigenvalue weighted by atomic mass is 35.5. The van der Waals surface area contributed by atoms with Crippen molar-refractivity contribution in [2.75, 3.05) is 31.0 Å². The largest absolute Gasteiger partial charge is 0.497 e. The molecular formula is C30H28ClF3N2O6. The number of amides is 1. The average molecular weight is 605 g/mol. The van der Waals surface area contributed by atoms with Crippen molar-refractivity contribution in [1.29, 1.82) is 0 Å². The minimum atomic E-state index is -4.67. The van der Waals surface area contributed by atoms with Crippen LogP contribution in [0.5, 0.6) is 17.2 Å². The van der Waals surface area contributed by atoms with Crippen LogP contribution in [-0.2, 0) is 22.2 Å². The number of aliphatic carboxylic acids is 1. The summed E-state index contributed by atoms with van der Waals surface area (Å²) in [6.45, 7) is 0.184. The van der Waals surface area contributed by atoms with Crippen molar-refractivity contribution in [1.82, 2.24) is 0 Å². The molecule has 5 rings (SSSR count). The molecule has 0 radical (unpaired) electrons. The Balaban J connectivity index is 1.47. The fourth-order valence-corrected chi connectivity index (χ4v) is 5.32. The predicted octanol–water partition coefficient (Wildman–Crippen LogP) is 6.36. The highest BCUT2D eigenvalue weighted by Crippen LogP contribution is 2.43. The number of fused-ring (bicyclic) bond motifs is 1. The Morgan fingerprint density at radius 2 is 1.71 bits per heavy atom. The van der Waals surface area contributed by atoms with Gasteiger partial charge in [0.2, 0.25) is 0 Å². The van der Waals surface area contributed by atoms with Gasteiger partial charge in [-0.2, -0.15) is 13.2 Å². The van der Waals surface area contributed by atoms with Gasteiger partial charge >= 0.3 is 12.1 Å². The molecule has 222 valence electrons. The van der Waals surface area contributed by atoms with Gasteiger partial charge in [-0.05, 0) is 54.7 Å². The van der Waals surface area contributed by atoms with E-state index in [2.05, 4.69) is 5.32 Å². The molecule has 42 heavy (non-hydrogen) atoms. The van der Waals surface area contributed by atoms with E-state index in [1.54, 1.807) is 42.5 Å². The fraction of sp³-hybridized carbons (Fsp3) is 0.333. The lowest BCUT2D eigenvalue weighted by molar-refractivity contribution is -0.148. The number of carboxylic acid groups (broad SMARTS) is 1. The Labute approximate surface area is 244 Å². The van der Waals surface area contributed by atoms with Crippen LogP contribution in [-0.4, -0.2) is 43.9 Å². The smallest absolute Gasteiger partial charge is 0.420 e. The van der Waals surface area contributed by atoms with Crippen LogP contribution in [0.1, 0.15) is 35.6 Å². The molecule has 1 aliphatic heterocycles. The van der Waals surface area contributed by atoms with Crippen LogP contribution in [0.2, 0.25) is 5.02 Å². The van der Waals surface area contributed by atoms with Gasteiger partial charge in [0, 0.05) is 41.1 Å². The summed E-state index contributed by atoms with van der Waals surface area (Å²) in [7, 11) is 2.65. The van der Waals surface area contributed by atoms with Crippen molar-refractivity contribution >= 4 is 34.9 Å². The number of methoxy groups -OCH3 is 2. The number of anilines is 2. The molecule has 1 saturated carbocycles. The molecule has 1 amide bonds. The monoisotopic (exact) mass is 604 g/mol. The van der Waals surface area contributed by atoms with Crippen molar-refractivity contribution in [3.63, 3.8) is 0 Å². The second-order valence-electron chi connectivity index (χ2n) is 10.2. The minimum Gasteiger partial charge on any atom is -0.497 e. The molecule has 0 spiro atoms. The number of nitrogens with one attached hydrogen (secondary N) is 1. The number of ether oxygens (including phenoxy) is 3. The second kappa shape index (κ2) is 11.6. The number of carbonyl (C=O) groups excluding carboxylic acids is 1. The molecule has 3 aromatic rings. The van der Waals surface area contributed by atoms with E-state index in [1.807, 2.05) is 0 Å². The second-order valence-corrected chi connectivity index (χ2v) is 10.6. The number of hydrogen-bond donors (Lipinski definition) is 2. The number of benzene rings is 3. The van der Waals surface area contributed by atoms with Crippen LogP contribution in [0.25, 0.3) is 0 Å². The fourth-order valence-electron chi connectivity index (χ4n) is 5.20. The van der Waals surface area contributed by atoms with Gasteiger partial charge in [0.15, 0.2) is 0 Å². The molecule has 0 aromatic heterocycles. The summed E-state index contributed by atoms with van der Waals surface area (Å²) in [5, 5.41) is 12.8. The summed E-state index contributed by atoms with van der Waals surface area (Å²) in [5.41, 5.74) is 0.768. The zero-order valence-corrected chi connectivity index (χ0v) is 23.5. The maximum absolute atomic E-state index is 14.1. The predicted molar refractivity (Wildman–Crippen MR) is 150 cm³/mol. The summed E-state index contributed by atoms with van der Waals surface area (Å²) >= 11 is 6.09. The Kier molecular flexibility index (Phi) is 8.14. The molecule has 1 atom stereocenters. The van der Waals surface area contributed by atoms with Crippen LogP contribution < -0.4 is 24.4 Å². The standard InChI is InChI=1S/C30H28ClF3N2O6/c1-40-21-12-20(13-23(14-21)42-22-9-18(10-22)29(38)39)35-27(16-3-5-19(31)6-4-16)28(37)36-8-7-17-11-26(41-2)24(15-25(17)36)30(32,33)34/h3-6,11-15,18,22,27,35H,7-10H2,1-2H3,(H,38,39)/t18-,22+,27?. The lowest BCUT2D eigenvalue weighted by Crippen LogP contribution is -2.38. The van der Waals surface area contributed by atoms with Crippen molar-refractivity contribution in [3.05, 3.63) is 76.3 Å². The number of hydrogen-bond acceptors (Lipinski definition) is 6. The van der Waals surface area contributed by atoms with E-state index in [0.717, 1.165) is 6.07 Å². The number of alkyl halides is 3. The number of carboxylic acids is 1. The van der Waals surface area contributed by atoms with Crippen LogP contribution >= 0.6 is 11.6 Å². The molecule has 2 aliphatic rings. The van der Waals surface area contributed by atoms with Gasteiger partial charge in [-0.25, -0.2) is 0 Å². The van der Waals surface area contributed by atoms with E-state index in [4.69, 9.17) is 30.9 Å². The van der Waals surface area contributed by atoms with Crippen molar-refractivity contribution < 1.29 is 42.1 Å².